The third-order valence-corrected chi connectivity index (χ3v) is 3.61. The standard InChI is InChI=1S/C9H16N4O2S.C2HF3O2/c1-12-5-8-3-10-7-13(8)9(6-12)4-11-16(2,14)15;3-2(4,5)1(6)7/h3,7,9,11H,4-6H2,1-2H3;(H,6,7). The number of hydrogen-bond donors (Lipinski definition) is 2. The van der Waals surface area contributed by atoms with Crippen molar-refractivity contribution in [3.8, 4) is 0 Å². The van der Waals surface area contributed by atoms with Gasteiger partial charge < -0.3 is 9.67 Å². The molecule has 132 valence electrons. The van der Waals surface area contributed by atoms with E-state index < -0.39 is 22.2 Å². The van der Waals surface area contributed by atoms with Crippen molar-refractivity contribution < 1.29 is 31.5 Å². The van der Waals surface area contributed by atoms with Gasteiger partial charge in [-0.3, -0.25) is 4.90 Å². The average molecular weight is 358 g/mol. The summed E-state index contributed by atoms with van der Waals surface area (Å²) in [5.74, 6) is -2.76. The zero-order valence-corrected chi connectivity index (χ0v) is 13.2. The number of sulfonamides is 1. The number of alkyl halides is 3. The van der Waals surface area contributed by atoms with Crippen molar-refractivity contribution in [1.82, 2.24) is 19.2 Å². The van der Waals surface area contributed by atoms with Crippen molar-refractivity contribution in [1.29, 1.82) is 0 Å². The zero-order valence-electron chi connectivity index (χ0n) is 12.4. The number of aliphatic carboxylic acids is 1. The van der Waals surface area contributed by atoms with Gasteiger partial charge in [0.05, 0.1) is 24.3 Å². The first-order valence-electron chi connectivity index (χ1n) is 6.34. The number of imidazole rings is 1. The topological polar surface area (TPSA) is 105 Å². The lowest BCUT2D eigenvalue weighted by Gasteiger charge is -2.31. The fourth-order valence-corrected chi connectivity index (χ4v) is 2.48. The van der Waals surface area contributed by atoms with Crippen LogP contribution < -0.4 is 4.72 Å². The molecule has 2 rings (SSSR count). The van der Waals surface area contributed by atoms with Crippen molar-refractivity contribution in [3.63, 3.8) is 0 Å². The number of aromatic nitrogens is 2. The van der Waals surface area contributed by atoms with Crippen LogP contribution in [-0.2, 0) is 21.4 Å². The second-order valence-electron chi connectivity index (χ2n) is 5.07. The Bertz CT molecular complexity index is 644. The van der Waals surface area contributed by atoms with Gasteiger partial charge >= 0.3 is 12.1 Å². The Morgan fingerprint density at radius 2 is 2.09 bits per heavy atom. The summed E-state index contributed by atoms with van der Waals surface area (Å²) >= 11 is 0. The van der Waals surface area contributed by atoms with Gasteiger partial charge in [0.2, 0.25) is 10.0 Å². The molecule has 0 saturated heterocycles. The number of carboxylic acids is 1. The summed E-state index contributed by atoms with van der Waals surface area (Å²) < 4.78 is 58.4. The summed E-state index contributed by atoms with van der Waals surface area (Å²) in [4.78, 5) is 15.1. The average Bonchev–Trinajstić information content (AvgIpc) is 2.82. The number of nitrogens with zero attached hydrogens (tertiary/aromatic N) is 3. The molecule has 1 aliphatic rings. The van der Waals surface area contributed by atoms with E-state index in [1.165, 1.54) is 6.26 Å². The molecular formula is C11H17F3N4O4S. The fourth-order valence-electron chi connectivity index (χ4n) is 1.98. The predicted molar refractivity (Wildman–Crippen MR) is 74.1 cm³/mol. The molecule has 0 radical (unpaired) electrons. The van der Waals surface area contributed by atoms with E-state index in [4.69, 9.17) is 9.90 Å². The maximum absolute atomic E-state index is 11.1. The lowest BCUT2D eigenvalue weighted by atomic mass is 10.2. The summed E-state index contributed by atoms with van der Waals surface area (Å²) in [7, 11) is -1.11. The van der Waals surface area contributed by atoms with Crippen LogP contribution in [0.5, 0.6) is 0 Å². The number of nitrogens with one attached hydrogen (secondary N) is 1. The van der Waals surface area contributed by atoms with Crippen LogP contribution in [0.3, 0.4) is 0 Å². The molecule has 0 fully saturated rings. The molecule has 1 unspecified atom stereocenters. The minimum atomic E-state index is -5.08. The first-order valence-corrected chi connectivity index (χ1v) is 8.23. The first-order chi connectivity index (χ1) is 10.4. The van der Waals surface area contributed by atoms with Gasteiger partial charge in [-0.25, -0.2) is 22.9 Å². The molecule has 1 aromatic heterocycles. The van der Waals surface area contributed by atoms with E-state index in [0.717, 1.165) is 18.8 Å². The molecule has 0 amide bonds. The van der Waals surface area contributed by atoms with Crippen LogP contribution in [-0.4, -0.2) is 66.5 Å². The van der Waals surface area contributed by atoms with Crippen molar-refractivity contribution in [2.24, 2.45) is 0 Å². The maximum Gasteiger partial charge on any atom is 0.490 e. The third-order valence-electron chi connectivity index (χ3n) is 2.92. The quantitative estimate of drug-likeness (QED) is 0.791. The van der Waals surface area contributed by atoms with Gasteiger partial charge in [-0.2, -0.15) is 13.2 Å². The minimum absolute atomic E-state index is 0.117. The number of carbonyl (C=O) groups is 1. The first kappa shape index (κ1) is 19.4. The third kappa shape index (κ3) is 6.54. The molecule has 0 bridgehead atoms. The smallest absolute Gasteiger partial charge is 0.475 e. The molecule has 0 spiro atoms. The molecule has 0 saturated carbocycles. The normalized spacial score (nSPS) is 18.7. The van der Waals surface area contributed by atoms with Crippen molar-refractivity contribution in [2.75, 3.05) is 26.4 Å². The molecule has 0 aromatic carbocycles. The zero-order chi connectivity index (χ0) is 17.8. The van der Waals surface area contributed by atoms with E-state index >= 15 is 0 Å². The highest BCUT2D eigenvalue weighted by Crippen LogP contribution is 2.18. The van der Waals surface area contributed by atoms with E-state index in [0.29, 0.717) is 6.54 Å². The maximum atomic E-state index is 11.1. The summed E-state index contributed by atoms with van der Waals surface area (Å²) in [6.45, 7) is 2.09. The van der Waals surface area contributed by atoms with E-state index in [-0.39, 0.29) is 6.04 Å². The Morgan fingerprint density at radius 1 is 1.52 bits per heavy atom. The fraction of sp³-hybridized carbons (Fsp3) is 0.636. The van der Waals surface area contributed by atoms with Gasteiger partial charge in [0.15, 0.2) is 0 Å². The largest absolute Gasteiger partial charge is 0.490 e. The highest BCUT2D eigenvalue weighted by atomic mass is 32.2. The predicted octanol–water partition coefficient (Wildman–Crippen LogP) is 0.0521. The summed E-state index contributed by atoms with van der Waals surface area (Å²) in [6.07, 6.45) is -0.325. The van der Waals surface area contributed by atoms with Crippen LogP contribution in [0.15, 0.2) is 12.5 Å². The molecule has 1 aliphatic heterocycles. The number of carboxylic acid groups (broad SMARTS) is 1. The monoisotopic (exact) mass is 358 g/mol. The Kier molecular flexibility index (Phi) is 6.13. The lowest BCUT2D eigenvalue weighted by molar-refractivity contribution is -0.192. The Balaban J connectivity index is 0.000000322. The second-order valence-corrected chi connectivity index (χ2v) is 6.90. The number of rotatable bonds is 3. The highest BCUT2D eigenvalue weighted by Gasteiger charge is 2.38. The van der Waals surface area contributed by atoms with Gasteiger partial charge in [-0.15, -0.1) is 0 Å². The summed E-state index contributed by atoms with van der Waals surface area (Å²) in [6, 6.07) is 0.117. The van der Waals surface area contributed by atoms with E-state index in [9.17, 15) is 21.6 Å². The van der Waals surface area contributed by atoms with E-state index in [1.807, 2.05) is 17.8 Å². The van der Waals surface area contributed by atoms with Crippen molar-refractivity contribution in [2.45, 2.75) is 18.8 Å². The molecule has 0 aliphatic carbocycles. The summed E-state index contributed by atoms with van der Waals surface area (Å²) in [5.41, 5.74) is 1.12. The summed E-state index contributed by atoms with van der Waals surface area (Å²) in [5, 5.41) is 7.12. The molecule has 1 atom stereocenters. The van der Waals surface area contributed by atoms with Crippen molar-refractivity contribution >= 4 is 16.0 Å². The SMILES string of the molecule is CN1Cc2cncn2C(CNS(C)(=O)=O)C1.O=C(O)C(F)(F)F. The second kappa shape index (κ2) is 7.27. The molecule has 23 heavy (non-hydrogen) atoms. The van der Waals surface area contributed by atoms with Gasteiger partial charge in [-0.1, -0.05) is 0 Å². The molecule has 8 nitrogen and oxygen atoms in total. The molecule has 1 aromatic rings. The van der Waals surface area contributed by atoms with Crippen LogP contribution in [0.25, 0.3) is 0 Å². The Hall–Kier alpha value is -1.66. The number of likely N-dealkylation sites (N-methyl/N-ethyl adjacent to an activating group) is 1. The van der Waals surface area contributed by atoms with Gasteiger partial charge in [-0.05, 0) is 7.05 Å². The van der Waals surface area contributed by atoms with Crippen molar-refractivity contribution in [3.05, 3.63) is 18.2 Å². The van der Waals surface area contributed by atoms with Gasteiger partial charge in [0, 0.05) is 25.8 Å². The number of fused-ring (bicyclic) bond motifs is 1. The Morgan fingerprint density at radius 3 is 2.57 bits per heavy atom. The number of halogens is 3. The molecule has 2 heterocycles. The van der Waals surface area contributed by atoms with Gasteiger partial charge in [0.25, 0.3) is 0 Å². The van der Waals surface area contributed by atoms with Crippen LogP contribution in [0.4, 0.5) is 13.2 Å². The van der Waals surface area contributed by atoms with E-state index in [1.54, 1.807) is 6.33 Å². The molecule has 2 N–H and O–H groups in total. The number of hydrogen-bond acceptors (Lipinski definition) is 5. The minimum Gasteiger partial charge on any atom is -0.475 e. The molecule has 12 heteroatoms. The van der Waals surface area contributed by atoms with Gasteiger partial charge in [0.1, 0.15) is 0 Å². The van der Waals surface area contributed by atoms with Crippen LogP contribution in [0, 0.1) is 0 Å². The van der Waals surface area contributed by atoms with Crippen LogP contribution in [0.2, 0.25) is 0 Å². The van der Waals surface area contributed by atoms with Crippen LogP contribution >= 0.6 is 0 Å². The van der Waals surface area contributed by atoms with E-state index in [2.05, 4.69) is 14.6 Å². The van der Waals surface area contributed by atoms with Crippen LogP contribution in [0.1, 0.15) is 11.7 Å². The lowest BCUT2D eigenvalue weighted by Crippen LogP contribution is -2.40. The molecular weight excluding hydrogens is 341 g/mol. The highest BCUT2D eigenvalue weighted by molar-refractivity contribution is 7.88. The Labute approximate surface area is 131 Å².